The zero-order chi connectivity index (χ0) is 21.4. The summed E-state index contributed by atoms with van der Waals surface area (Å²) in [6.45, 7) is 3.79. The lowest BCUT2D eigenvalue weighted by molar-refractivity contribution is -0.149. The second kappa shape index (κ2) is 10.1. The maximum absolute atomic E-state index is 12.7. The van der Waals surface area contributed by atoms with E-state index in [1.165, 1.54) is 17.9 Å². The molecule has 0 N–H and O–H groups in total. The summed E-state index contributed by atoms with van der Waals surface area (Å²) in [5, 5.41) is 9.36. The number of likely N-dealkylation sites (N-methyl/N-ethyl adjacent to an activating group) is 1. The highest BCUT2D eigenvalue weighted by atomic mass is 16.5. The minimum atomic E-state index is -1.02. The first-order valence-electron chi connectivity index (χ1n) is 9.34. The Morgan fingerprint density at radius 2 is 1.69 bits per heavy atom. The Morgan fingerprint density at radius 3 is 2.21 bits per heavy atom. The van der Waals surface area contributed by atoms with Crippen molar-refractivity contribution >= 4 is 29.3 Å². The highest BCUT2D eigenvalue weighted by Gasteiger charge is 2.25. The Kier molecular flexibility index (Phi) is 7.55. The molecule has 1 atom stereocenters. The van der Waals surface area contributed by atoms with Crippen molar-refractivity contribution in [3.8, 4) is 6.07 Å². The van der Waals surface area contributed by atoms with Gasteiger partial charge >= 0.3 is 5.97 Å². The van der Waals surface area contributed by atoms with Gasteiger partial charge in [0.05, 0.1) is 0 Å². The lowest BCUT2D eigenvalue weighted by atomic mass is 10.1. The maximum atomic E-state index is 12.7. The van der Waals surface area contributed by atoms with Crippen molar-refractivity contribution < 1.29 is 14.3 Å². The van der Waals surface area contributed by atoms with Crippen molar-refractivity contribution in [2.24, 2.45) is 0 Å². The van der Waals surface area contributed by atoms with Crippen molar-refractivity contribution in [1.82, 2.24) is 0 Å². The molecule has 0 aliphatic carbocycles. The van der Waals surface area contributed by atoms with Crippen LogP contribution in [0.15, 0.2) is 60.2 Å². The number of carbonyl (C=O) groups is 2. The number of hydrogen-bond acceptors (Lipinski definition) is 5. The molecule has 150 valence electrons. The molecular weight excluding hydrogens is 366 g/mol. The van der Waals surface area contributed by atoms with Gasteiger partial charge in [-0.1, -0.05) is 30.3 Å². The molecule has 0 spiro atoms. The van der Waals surface area contributed by atoms with Gasteiger partial charge in [0.25, 0.3) is 5.91 Å². The number of nitriles is 1. The first kappa shape index (κ1) is 21.7. The van der Waals surface area contributed by atoms with Gasteiger partial charge in [-0.3, -0.25) is 4.79 Å². The summed E-state index contributed by atoms with van der Waals surface area (Å²) >= 11 is 0. The largest absolute Gasteiger partial charge is 0.448 e. The number of rotatable bonds is 7. The molecule has 29 heavy (non-hydrogen) atoms. The fourth-order valence-electron chi connectivity index (χ4n) is 2.74. The fourth-order valence-corrected chi connectivity index (χ4v) is 2.74. The van der Waals surface area contributed by atoms with E-state index >= 15 is 0 Å². The van der Waals surface area contributed by atoms with E-state index in [0.29, 0.717) is 12.1 Å². The molecule has 0 radical (unpaired) electrons. The molecule has 2 aromatic rings. The molecule has 2 rings (SSSR count). The molecule has 0 aliphatic rings. The Balaban J connectivity index is 2.11. The molecule has 6 heteroatoms. The Bertz CT molecular complexity index is 913. The van der Waals surface area contributed by atoms with Gasteiger partial charge in [-0.05, 0) is 49.8 Å². The van der Waals surface area contributed by atoms with Gasteiger partial charge in [-0.15, -0.1) is 0 Å². The highest BCUT2D eigenvalue weighted by molar-refractivity contribution is 6.01. The molecule has 6 nitrogen and oxygen atoms in total. The second-order valence-electron chi connectivity index (χ2n) is 6.62. The van der Waals surface area contributed by atoms with Crippen molar-refractivity contribution in [3.05, 3.63) is 65.7 Å². The van der Waals surface area contributed by atoms with Crippen LogP contribution < -0.4 is 9.80 Å². The number of benzene rings is 2. The third kappa shape index (κ3) is 5.69. The molecule has 0 heterocycles. The van der Waals surface area contributed by atoms with Crippen LogP contribution in [0.4, 0.5) is 11.4 Å². The van der Waals surface area contributed by atoms with Crippen molar-refractivity contribution in [3.63, 3.8) is 0 Å². The predicted octanol–water partition coefficient (Wildman–Crippen LogP) is 3.64. The fraction of sp³-hybridized carbons (Fsp3) is 0.261. The van der Waals surface area contributed by atoms with Gasteiger partial charge < -0.3 is 14.5 Å². The van der Waals surface area contributed by atoms with Gasteiger partial charge in [0.1, 0.15) is 11.6 Å². The Morgan fingerprint density at radius 1 is 1.07 bits per heavy atom. The first-order chi connectivity index (χ1) is 13.9. The van der Waals surface area contributed by atoms with Crippen molar-refractivity contribution in [1.29, 1.82) is 5.26 Å². The summed E-state index contributed by atoms with van der Waals surface area (Å²) in [5.74, 6) is -1.17. The minimum Gasteiger partial charge on any atom is -0.448 e. The predicted molar refractivity (Wildman–Crippen MR) is 114 cm³/mol. The number of nitrogens with zero attached hydrogens (tertiary/aromatic N) is 3. The maximum Gasteiger partial charge on any atom is 0.349 e. The number of ether oxygens (including phenoxy) is 1. The van der Waals surface area contributed by atoms with Gasteiger partial charge in [0, 0.05) is 32.0 Å². The Labute approximate surface area is 171 Å². The molecule has 0 saturated carbocycles. The Hall–Kier alpha value is -3.59. The molecule has 2 aromatic carbocycles. The van der Waals surface area contributed by atoms with Crippen LogP contribution in [0.3, 0.4) is 0 Å². The van der Waals surface area contributed by atoms with Crippen LogP contribution in [0.25, 0.3) is 6.08 Å². The molecule has 0 saturated heterocycles. The van der Waals surface area contributed by atoms with E-state index in [2.05, 4.69) is 0 Å². The zero-order valence-corrected chi connectivity index (χ0v) is 17.1. The van der Waals surface area contributed by atoms with Gasteiger partial charge in [-0.2, -0.15) is 5.26 Å². The zero-order valence-electron chi connectivity index (χ0n) is 17.1. The van der Waals surface area contributed by atoms with Gasteiger partial charge in [-0.25, -0.2) is 4.79 Å². The topological polar surface area (TPSA) is 73.6 Å². The average molecular weight is 391 g/mol. The van der Waals surface area contributed by atoms with E-state index in [-0.39, 0.29) is 11.5 Å². The van der Waals surface area contributed by atoms with Crippen molar-refractivity contribution in [2.45, 2.75) is 20.0 Å². The third-order valence-electron chi connectivity index (χ3n) is 4.34. The summed E-state index contributed by atoms with van der Waals surface area (Å²) in [6.07, 6.45) is 0.434. The number of hydrogen-bond donors (Lipinski definition) is 0. The van der Waals surface area contributed by atoms with E-state index in [1.807, 2.05) is 86.6 Å². The molecule has 0 bridgehead atoms. The van der Waals surface area contributed by atoms with E-state index in [4.69, 9.17) is 4.74 Å². The van der Waals surface area contributed by atoms with Crippen LogP contribution in [0.1, 0.15) is 19.4 Å². The number of para-hydroxylation sites is 1. The summed E-state index contributed by atoms with van der Waals surface area (Å²) in [7, 11) is 3.85. The van der Waals surface area contributed by atoms with E-state index in [9.17, 15) is 14.9 Å². The normalized spacial score (nSPS) is 11.9. The van der Waals surface area contributed by atoms with Gasteiger partial charge in [0.15, 0.2) is 6.10 Å². The van der Waals surface area contributed by atoms with E-state index < -0.39 is 12.1 Å². The lowest BCUT2D eigenvalue weighted by Crippen LogP contribution is -2.40. The minimum absolute atomic E-state index is 0.162. The summed E-state index contributed by atoms with van der Waals surface area (Å²) in [6, 6.07) is 18.4. The van der Waals surface area contributed by atoms with Crippen LogP contribution >= 0.6 is 0 Å². The molecule has 0 aromatic heterocycles. The van der Waals surface area contributed by atoms with Crippen LogP contribution in [-0.2, 0) is 14.3 Å². The van der Waals surface area contributed by atoms with Crippen molar-refractivity contribution in [2.75, 3.05) is 30.4 Å². The van der Waals surface area contributed by atoms with E-state index in [0.717, 1.165) is 11.4 Å². The standard InChI is InChI=1S/C23H25N3O3/c1-5-26(21-9-7-6-8-10-21)22(27)17(2)29-23(28)19(16-24)15-18-11-13-20(14-12-18)25(3)4/h6-15,17H,5H2,1-4H3. The molecule has 1 amide bonds. The van der Waals surface area contributed by atoms with Gasteiger partial charge in [0.2, 0.25) is 0 Å². The molecule has 0 fully saturated rings. The molecular formula is C23H25N3O3. The smallest absolute Gasteiger partial charge is 0.349 e. The SMILES string of the molecule is CCN(C(=O)C(C)OC(=O)C(C#N)=Cc1ccc(N(C)C)cc1)c1ccccc1. The molecule has 1 unspecified atom stereocenters. The monoisotopic (exact) mass is 391 g/mol. The lowest BCUT2D eigenvalue weighted by Gasteiger charge is -2.24. The number of esters is 1. The third-order valence-corrected chi connectivity index (χ3v) is 4.34. The summed E-state index contributed by atoms with van der Waals surface area (Å²) in [4.78, 5) is 28.6. The second-order valence-corrected chi connectivity index (χ2v) is 6.62. The van der Waals surface area contributed by atoms with E-state index in [1.54, 1.807) is 0 Å². The average Bonchev–Trinajstić information content (AvgIpc) is 2.73. The van der Waals surface area contributed by atoms with Crippen LogP contribution in [0, 0.1) is 11.3 Å². The highest BCUT2D eigenvalue weighted by Crippen LogP contribution is 2.17. The van der Waals surface area contributed by atoms with Crippen LogP contribution in [0.5, 0.6) is 0 Å². The first-order valence-corrected chi connectivity index (χ1v) is 9.34. The van der Waals surface area contributed by atoms with Crippen LogP contribution in [-0.4, -0.2) is 38.6 Å². The van der Waals surface area contributed by atoms with Crippen LogP contribution in [0.2, 0.25) is 0 Å². The summed E-state index contributed by atoms with van der Waals surface area (Å²) in [5.41, 5.74) is 2.26. The number of carbonyl (C=O) groups excluding carboxylic acids is 2. The molecule has 0 aliphatic heterocycles. The number of anilines is 2. The quantitative estimate of drug-likeness (QED) is 0.409. The number of amides is 1. The summed E-state index contributed by atoms with van der Waals surface area (Å²) < 4.78 is 5.27.